The number of hydrogen-bond acceptors (Lipinski definition) is 4. The molecule has 71 heavy (non-hydrogen) atoms. The molecule has 4 aromatic heterocycles. The zero-order chi connectivity index (χ0) is 47.0. The molecule has 10 aromatic carbocycles. The maximum Gasteiger partial charge on any atom is 0.0972 e. The van der Waals surface area contributed by atoms with Gasteiger partial charge >= 0.3 is 0 Å². The highest BCUT2D eigenvalue weighted by atomic mass is 14.8. The highest BCUT2D eigenvalue weighted by Gasteiger charge is 2.37. The normalized spacial score (nSPS) is 13.0. The molecule has 4 nitrogen and oxygen atoms in total. The van der Waals surface area contributed by atoms with Crippen LogP contribution in [0.4, 0.5) is 0 Å². The number of hydrogen-bond donors (Lipinski definition) is 0. The summed E-state index contributed by atoms with van der Waals surface area (Å²) in [6.07, 6.45) is 3.72. The number of nitrogens with zero attached hydrogens (tertiary/aromatic N) is 4. The number of fused-ring (bicyclic) bond motifs is 13. The molecule has 15 rings (SSSR count). The van der Waals surface area contributed by atoms with Gasteiger partial charge in [-0.05, 0) is 148 Å². The van der Waals surface area contributed by atoms with E-state index in [1.165, 1.54) is 87.6 Å². The first kappa shape index (κ1) is 39.8. The van der Waals surface area contributed by atoms with E-state index >= 15 is 0 Å². The first-order chi connectivity index (χ1) is 34.9. The largest absolute Gasteiger partial charge is 0.254 e. The van der Waals surface area contributed by atoms with Crippen LogP contribution in [0.3, 0.4) is 0 Å². The molecule has 0 unspecified atom stereocenters. The van der Waals surface area contributed by atoms with E-state index < -0.39 is 0 Å². The van der Waals surface area contributed by atoms with Crippen LogP contribution < -0.4 is 0 Å². The van der Waals surface area contributed by atoms with Crippen molar-refractivity contribution in [2.24, 2.45) is 0 Å². The van der Waals surface area contributed by atoms with Crippen LogP contribution in [-0.2, 0) is 5.41 Å². The molecular formula is C67H42N4. The average Bonchev–Trinajstić information content (AvgIpc) is 3.64. The fourth-order valence-corrected chi connectivity index (χ4v) is 11.9. The first-order valence-corrected chi connectivity index (χ1v) is 24.4. The van der Waals surface area contributed by atoms with Crippen LogP contribution in [0.2, 0.25) is 0 Å². The second kappa shape index (κ2) is 14.9. The minimum Gasteiger partial charge on any atom is -0.254 e. The molecule has 14 aromatic rings. The smallest absolute Gasteiger partial charge is 0.0972 e. The van der Waals surface area contributed by atoms with Gasteiger partial charge in [-0.2, -0.15) is 0 Å². The van der Waals surface area contributed by atoms with Gasteiger partial charge in [-0.1, -0.05) is 159 Å². The van der Waals surface area contributed by atoms with E-state index in [4.69, 9.17) is 19.9 Å². The van der Waals surface area contributed by atoms with Crippen LogP contribution in [0.5, 0.6) is 0 Å². The van der Waals surface area contributed by atoms with Crippen molar-refractivity contribution in [3.8, 4) is 55.9 Å². The lowest BCUT2D eigenvalue weighted by molar-refractivity contribution is 0.661. The minimum atomic E-state index is -0.313. The monoisotopic (exact) mass is 902 g/mol. The Morgan fingerprint density at radius 3 is 1.34 bits per heavy atom. The SMILES string of the molecule is CC1(C)c2cc(-c3ccc4ccc5cccnc5c4n3)ccc2-c2cc3c(-c4ccc5ccccc5c4)c4ccc(-c5ccc6ccc7cccnc7c6n5)cc4c(-c4ccc5ccccc5c4)c3cc21. The molecule has 0 atom stereocenters. The van der Waals surface area contributed by atoms with Crippen LogP contribution in [0.25, 0.3) is 143 Å². The van der Waals surface area contributed by atoms with Gasteiger partial charge in [0.2, 0.25) is 0 Å². The lowest BCUT2D eigenvalue weighted by Gasteiger charge is -2.24. The van der Waals surface area contributed by atoms with E-state index in [-0.39, 0.29) is 5.41 Å². The number of aromatic nitrogens is 4. The first-order valence-electron chi connectivity index (χ1n) is 24.4. The number of rotatable bonds is 4. The van der Waals surface area contributed by atoms with Crippen LogP contribution in [0.15, 0.2) is 219 Å². The van der Waals surface area contributed by atoms with E-state index in [1.807, 2.05) is 24.5 Å². The lowest BCUT2D eigenvalue weighted by atomic mass is 9.79. The molecule has 1 aliphatic rings. The Kier molecular flexibility index (Phi) is 8.38. The van der Waals surface area contributed by atoms with E-state index in [0.717, 1.165) is 66.1 Å². The third kappa shape index (κ3) is 6.04. The highest BCUT2D eigenvalue weighted by molar-refractivity contribution is 6.24. The third-order valence-electron chi connectivity index (χ3n) is 15.4. The summed E-state index contributed by atoms with van der Waals surface area (Å²) in [6, 6.07) is 75.8. The van der Waals surface area contributed by atoms with Gasteiger partial charge in [0.25, 0.3) is 0 Å². The summed E-state index contributed by atoms with van der Waals surface area (Å²) in [6.45, 7) is 4.78. The Balaban J connectivity index is 1.01. The van der Waals surface area contributed by atoms with E-state index in [1.54, 1.807) is 0 Å². The Bertz CT molecular complexity index is 4620. The van der Waals surface area contributed by atoms with Gasteiger partial charge in [-0.3, -0.25) is 9.97 Å². The Labute approximate surface area is 409 Å². The highest BCUT2D eigenvalue weighted by Crippen LogP contribution is 2.54. The summed E-state index contributed by atoms with van der Waals surface area (Å²) >= 11 is 0. The molecule has 0 saturated carbocycles. The van der Waals surface area contributed by atoms with Crippen molar-refractivity contribution in [2.45, 2.75) is 19.3 Å². The molecule has 0 spiro atoms. The molecular weight excluding hydrogens is 861 g/mol. The zero-order valence-corrected chi connectivity index (χ0v) is 39.1. The predicted molar refractivity (Wildman–Crippen MR) is 297 cm³/mol. The van der Waals surface area contributed by atoms with Crippen molar-refractivity contribution in [3.05, 3.63) is 230 Å². The fraction of sp³-hybridized carbons (Fsp3) is 0.0448. The van der Waals surface area contributed by atoms with Gasteiger partial charge in [0.05, 0.1) is 33.5 Å². The lowest BCUT2D eigenvalue weighted by Crippen LogP contribution is -2.15. The summed E-state index contributed by atoms with van der Waals surface area (Å²) in [5.74, 6) is 0. The quantitative estimate of drug-likeness (QED) is 0.130. The summed E-state index contributed by atoms with van der Waals surface area (Å²) in [4.78, 5) is 20.2. The molecule has 4 heterocycles. The summed E-state index contributed by atoms with van der Waals surface area (Å²) < 4.78 is 0. The standard InChI is InChI=1S/C67H42N4/c1-67(2)57-36-48(60-30-26-44-20-18-42-14-8-32-69-64(42)66(44)71-60)23-27-51(57)53-37-55-56(38-58(53)67)62(50-22-16-40-10-4-6-12-46(40)34-50)54-35-47(59-29-25-43-19-17-41-13-7-31-68-63(41)65(43)70-59)24-28-52(54)61(55)49-21-15-39-9-3-5-11-45(39)33-49/h3-38H,1-2H3. The minimum absolute atomic E-state index is 0.313. The van der Waals surface area contributed by atoms with Crippen molar-refractivity contribution < 1.29 is 0 Å². The fourth-order valence-electron chi connectivity index (χ4n) is 11.9. The van der Waals surface area contributed by atoms with E-state index in [9.17, 15) is 0 Å². The molecule has 0 fully saturated rings. The molecule has 0 amide bonds. The van der Waals surface area contributed by atoms with Gasteiger partial charge in [0.1, 0.15) is 0 Å². The van der Waals surface area contributed by atoms with Gasteiger partial charge in [0, 0.05) is 50.5 Å². The van der Waals surface area contributed by atoms with Gasteiger partial charge in [0.15, 0.2) is 0 Å². The van der Waals surface area contributed by atoms with Crippen LogP contribution in [0, 0.1) is 0 Å². The van der Waals surface area contributed by atoms with Crippen molar-refractivity contribution in [1.29, 1.82) is 0 Å². The van der Waals surface area contributed by atoms with Crippen LogP contribution in [-0.4, -0.2) is 19.9 Å². The molecule has 0 bridgehead atoms. The summed E-state index contributed by atoms with van der Waals surface area (Å²) in [5.41, 5.74) is 17.4. The molecule has 0 radical (unpaired) electrons. The molecule has 1 aliphatic carbocycles. The molecule has 4 heteroatoms. The average molecular weight is 903 g/mol. The van der Waals surface area contributed by atoms with Gasteiger partial charge in [-0.15, -0.1) is 0 Å². The number of benzene rings is 10. The maximum atomic E-state index is 5.38. The van der Waals surface area contributed by atoms with Crippen LogP contribution >= 0.6 is 0 Å². The van der Waals surface area contributed by atoms with Crippen molar-refractivity contribution >= 4 is 86.7 Å². The Morgan fingerprint density at radius 2 is 0.732 bits per heavy atom. The van der Waals surface area contributed by atoms with Gasteiger partial charge < -0.3 is 0 Å². The Morgan fingerprint density at radius 1 is 0.296 bits per heavy atom. The second-order valence-electron chi connectivity index (χ2n) is 19.8. The third-order valence-corrected chi connectivity index (χ3v) is 15.4. The molecule has 0 N–H and O–H groups in total. The van der Waals surface area contributed by atoms with Crippen molar-refractivity contribution in [1.82, 2.24) is 19.9 Å². The van der Waals surface area contributed by atoms with E-state index in [2.05, 4.69) is 208 Å². The summed E-state index contributed by atoms with van der Waals surface area (Å²) in [7, 11) is 0. The molecule has 0 saturated heterocycles. The van der Waals surface area contributed by atoms with E-state index in [0.29, 0.717) is 0 Å². The maximum absolute atomic E-state index is 5.38. The zero-order valence-electron chi connectivity index (χ0n) is 39.1. The predicted octanol–water partition coefficient (Wildman–Crippen LogP) is 17.5. The topological polar surface area (TPSA) is 51.6 Å². The van der Waals surface area contributed by atoms with Crippen molar-refractivity contribution in [3.63, 3.8) is 0 Å². The second-order valence-corrected chi connectivity index (χ2v) is 19.8. The van der Waals surface area contributed by atoms with Gasteiger partial charge in [-0.25, -0.2) is 9.97 Å². The van der Waals surface area contributed by atoms with Crippen molar-refractivity contribution in [2.75, 3.05) is 0 Å². The Hall–Kier alpha value is -9.12. The summed E-state index contributed by atoms with van der Waals surface area (Å²) in [5, 5.41) is 14.1. The molecule has 0 aliphatic heterocycles. The number of pyridine rings is 4. The van der Waals surface area contributed by atoms with Crippen LogP contribution in [0.1, 0.15) is 25.0 Å². The molecule has 330 valence electrons.